The monoisotopic (exact) mass is 407 g/mol. The van der Waals surface area contributed by atoms with E-state index in [0.29, 0.717) is 11.3 Å². The minimum atomic E-state index is -3.64. The average Bonchev–Trinajstić information content (AvgIpc) is 2.56. The van der Waals surface area contributed by atoms with Crippen molar-refractivity contribution in [3.8, 4) is 6.07 Å². The normalized spacial score (nSPS) is 10.8. The van der Waals surface area contributed by atoms with Crippen molar-refractivity contribution in [3.05, 3.63) is 58.6 Å². The number of carbonyl (C=O) groups is 1. The predicted molar refractivity (Wildman–Crippen MR) is 93.7 cm³/mol. The van der Waals surface area contributed by atoms with E-state index in [0.717, 1.165) is 4.47 Å². The molecule has 2 aromatic carbocycles. The molecule has 0 radical (unpaired) electrons. The van der Waals surface area contributed by atoms with Crippen LogP contribution >= 0.6 is 15.9 Å². The van der Waals surface area contributed by atoms with Crippen LogP contribution < -0.4 is 10.0 Å². The first-order chi connectivity index (χ1) is 11.4. The summed E-state index contributed by atoms with van der Waals surface area (Å²) in [6, 6.07) is 14.6. The van der Waals surface area contributed by atoms with Crippen LogP contribution in [0.1, 0.15) is 12.0 Å². The quantitative estimate of drug-likeness (QED) is 0.768. The number of halogens is 1. The number of nitrogens with one attached hydrogen (secondary N) is 2. The molecular formula is C16H14BrN3O3S. The molecule has 6 nitrogen and oxygen atoms in total. The van der Waals surface area contributed by atoms with Crippen LogP contribution in [0.3, 0.4) is 0 Å². The standard InChI is InChI=1S/C16H14BrN3O3S/c17-13-3-7-15(8-4-13)24(22,23)19-10-9-16(21)20-14-5-1-12(11-18)2-6-14/h1-8,19H,9-10H2,(H,20,21). The van der Waals surface area contributed by atoms with Gasteiger partial charge in [-0.25, -0.2) is 13.1 Å². The van der Waals surface area contributed by atoms with Crippen LogP contribution in [-0.4, -0.2) is 20.9 Å². The lowest BCUT2D eigenvalue weighted by Gasteiger charge is -2.08. The zero-order valence-corrected chi connectivity index (χ0v) is 14.9. The van der Waals surface area contributed by atoms with Crippen molar-refractivity contribution in [2.75, 3.05) is 11.9 Å². The second-order valence-electron chi connectivity index (χ2n) is 4.84. The summed E-state index contributed by atoms with van der Waals surface area (Å²) in [5.74, 6) is -0.321. The number of hydrogen-bond donors (Lipinski definition) is 2. The Morgan fingerprint density at radius 3 is 2.29 bits per heavy atom. The van der Waals surface area contributed by atoms with E-state index in [9.17, 15) is 13.2 Å². The summed E-state index contributed by atoms with van der Waals surface area (Å²) in [6.07, 6.45) is -0.00421. The van der Waals surface area contributed by atoms with Gasteiger partial charge in [0.15, 0.2) is 0 Å². The highest BCUT2D eigenvalue weighted by molar-refractivity contribution is 9.10. The highest BCUT2D eigenvalue weighted by atomic mass is 79.9. The van der Waals surface area contributed by atoms with E-state index in [2.05, 4.69) is 26.0 Å². The maximum absolute atomic E-state index is 12.1. The first-order valence-corrected chi connectivity index (χ1v) is 9.23. The van der Waals surface area contributed by atoms with Gasteiger partial charge in [-0.2, -0.15) is 5.26 Å². The van der Waals surface area contributed by atoms with Gasteiger partial charge in [0.25, 0.3) is 0 Å². The lowest BCUT2D eigenvalue weighted by molar-refractivity contribution is -0.116. The van der Waals surface area contributed by atoms with Crippen molar-refractivity contribution in [2.24, 2.45) is 0 Å². The second kappa shape index (κ2) is 8.06. The lowest BCUT2D eigenvalue weighted by Crippen LogP contribution is -2.27. The van der Waals surface area contributed by atoms with Crippen LogP contribution in [-0.2, 0) is 14.8 Å². The fraction of sp³-hybridized carbons (Fsp3) is 0.125. The molecule has 2 N–H and O–H groups in total. The fourth-order valence-corrected chi connectivity index (χ4v) is 3.14. The zero-order valence-electron chi connectivity index (χ0n) is 12.5. The van der Waals surface area contributed by atoms with Gasteiger partial charge in [-0.3, -0.25) is 4.79 Å². The summed E-state index contributed by atoms with van der Waals surface area (Å²) in [6.45, 7) is -0.0134. The van der Waals surface area contributed by atoms with Crippen molar-refractivity contribution in [1.82, 2.24) is 4.72 Å². The molecule has 0 unspecified atom stereocenters. The largest absolute Gasteiger partial charge is 0.326 e. The van der Waals surface area contributed by atoms with E-state index in [-0.39, 0.29) is 23.8 Å². The molecule has 0 saturated carbocycles. The number of carbonyl (C=O) groups excluding carboxylic acids is 1. The number of hydrogen-bond acceptors (Lipinski definition) is 4. The van der Waals surface area contributed by atoms with Gasteiger partial charge in [0, 0.05) is 23.1 Å². The van der Waals surface area contributed by atoms with Crippen LogP contribution in [0.15, 0.2) is 57.9 Å². The molecule has 0 aliphatic heterocycles. The number of anilines is 1. The topological polar surface area (TPSA) is 99.1 Å². The van der Waals surface area contributed by atoms with Crippen LogP contribution in [0.25, 0.3) is 0 Å². The van der Waals surface area contributed by atoms with Gasteiger partial charge in [0.05, 0.1) is 16.5 Å². The summed E-state index contributed by atoms with van der Waals surface area (Å²) in [5, 5.41) is 11.3. The van der Waals surface area contributed by atoms with Crippen molar-refractivity contribution in [1.29, 1.82) is 5.26 Å². The van der Waals surface area contributed by atoms with Crippen molar-refractivity contribution in [3.63, 3.8) is 0 Å². The van der Waals surface area contributed by atoms with E-state index in [1.165, 1.54) is 12.1 Å². The summed E-state index contributed by atoms with van der Waals surface area (Å²) in [7, 11) is -3.64. The molecule has 2 aromatic rings. The van der Waals surface area contributed by atoms with Crippen LogP contribution in [0.2, 0.25) is 0 Å². The van der Waals surface area contributed by atoms with E-state index in [1.807, 2.05) is 6.07 Å². The Morgan fingerprint density at radius 1 is 1.08 bits per heavy atom. The third-order valence-corrected chi connectivity index (χ3v) is 5.07. The fourth-order valence-electron chi connectivity index (χ4n) is 1.85. The maximum atomic E-state index is 12.1. The van der Waals surface area contributed by atoms with Gasteiger partial charge >= 0.3 is 0 Å². The van der Waals surface area contributed by atoms with Crippen LogP contribution in [0, 0.1) is 11.3 Å². The number of nitrogens with zero attached hydrogens (tertiary/aromatic N) is 1. The third-order valence-electron chi connectivity index (χ3n) is 3.07. The number of benzene rings is 2. The Hall–Kier alpha value is -2.21. The predicted octanol–water partition coefficient (Wildman–Crippen LogP) is 2.63. The van der Waals surface area contributed by atoms with Gasteiger partial charge in [-0.05, 0) is 48.5 Å². The van der Waals surface area contributed by atoms with Gasteiger partial charge in [-0.15, -0.1) is 0 Å². The molecule has 0 heterocycles. The second-order valence-corrected chi connectivity index (χ2v) is 7.52. The molecule has 124 valence electrons. The molecule has 0 spiro atoms. The summed E-state index contributed by atoms with van der Waals surface area (Å²) >= 11 is 3.24. The smallest absolute Gasteiger partial charge is 0.240 e. The Balaban J connectivity index is 1.85. The molecular weight excluding hydrogens is 394 g/mol. The van der Waals surface area contributed by atoms with Crippen molar-refractivity contribution < 1.29 is 13.2 Å². The third kappa shape index (κ3) is 5.16. The Morgan fingerprint density at radius 2 is 1.71 bits per heavy atom. The molecule has 0 bridgehead atoms. The highest BCUT2D eigenvalue weighted by Gasteiger charge is 2.14. The van der Waals surface area contributed by atoms with Gasteiger partial charge in [0.1, 0.15) is 0 Å². The van der Waals surface area contributed by atoms with E-state index >= 15 is 0 Å². The number of sulfonamides is 1. The zero-order chi connectivity index (χ0) is 17.6. The van der Waals surface area contributed by atoms with Crippen molar-refractivity contribution in [2.45, 2.75) is 11.3 Å². The van der Waals surface area contributed by atoms with E-state index in [1.54, 1.807) is 36.4 Å². The van der Waals surface area contributed by atoms with Crippen LogP contribution in [0.5, 0.6) is 0 Å². The van der Waals surface area contributed by atoms with Crippen LogP contribution in [0.4, 0.5) is 5.69 Å². The molecule has 0 saturated heterocycles. The molecule has 1 amide bonds. The molecule has 8 heteroatoms. The average molecular weight is 408 g/mol. The van der Waals surface area contributed by atoms with Gasteiger partial charge in [0.2, 0.25) is 15.9 Å². The molecule has 0 fully saturated rings. The summed E-state index contributed by atoms with van der Waals surface area (Å²) < 4.78 is 27.3. The highest BCUT2D eigenvalue weighted by Crippen LogP contribution is 2.14. The molecule has 0 aromatic heterocycles. The molecule has 0 aliphatic rings. The Labute approximate surface area is 148 Å². The summed E-state index contributed by atoms with van der Waals surface area (Å²) in [4.78, 5) is 12.0. The SMILES string of the molecule is N#Cc1ccc(NC(=O)CCNS(=O)(=O)c2ccc(Br)cc2)cc1. The first-order valence-electron chi connectivity index (χ1n) is 6.96. The molecule has 2 rings (SSSR count). The number of nitriles is 1. The number of amides is 1. The van der Waals surface area contributed by atoms with E-state index < -0.39 is 10.0 Å². The number of rotatable bonds is 6. The van der Waals surface area contributed by atoms with E-state index in [4.69, 9.17) is 5.26 Å². The lowest BCUT2D eigenvalue weighted by atomic mass is 10.2. The van der Waals surface area contributed by atoms with Crippen molar-refractivity contribution >= 4 is 37.5 Å². The van der Waals surface area contributed by atoms with Gasteiger partial charge < -0.3 is 5.32 Å². The maximum Gasteiger partial charge on any atom is 0.240 e. The minimum absolute atomic E-state index is 0.00421. The molecule has 0 aliphatic carbocycles. The Bertz CT molecular complexity index is 857. The Kier molecular flexibility index (Phi) is 6.09. The minimum Gasteiger partial charge on any atom is -0.326 e. The summed E-state index contributed by atoms with van der Waals surface area (Å²) in [5.41, 5.74) is 1.05. The molecule has 24 heavy (non-hydrogen) atoms. The first kappa shape index (κ1) is 18.1. The molecule has 0 atom stereocenters. The van der Waals surface area contributed by atoms with Gasteiger partial charge in [-0.1, -0.05) is 15.9 Å².